The molecular weight excluding hydrogens is 220 g/mol. The summed E-state index contributed by atoms with van der Waals surface area (Å²) in [5, 5.41) is 0. The zero-order valence-electron chi connectivity index (χ0n) is 9.72. The van der Waals surface area contributed by atoms with Gasteiger partial charge < -0.3 is 5.73 Å². The number of hydrogen-bond acceptors (Lipinski definition) is 1. The summed E-state index contributed by atoms with van der Waals surface area (Å²) in [6, 6.07) is 7.75. The van der Waals surface area contributed by atoms with Gasteiger partial charge in [-0.25, -0.2) is 8.78 Å². The van der Waals surface area contributed by atoms with E-state index in [0.717, 1.165) is 11.6 Å². The van der Waals surface area contributed by atoms with Crippen LogP contribution in [-0.2, 0) is 0 Å². The average molecular weight is 233 g/mol. The number of nitrogens with two attached hydrogens (primary N) is 1. The van der Waals surface area contributed by atoms with Gasteiger partial charge >= 0.3 is 0 Å². The van der Waals surface area contributed by atoms with Gasteiger partial charge in [0.2, 0.25) is 0 Å². The molecule has 0 heterocycles. The smallest absolute Gasteiger partial charge is 0.134 e. The molecule has 3 heteroatoms. The topological polar surface area (TPSA) is 26.0 Å². The predicted molar refractivity (Wildman–Crippen MR) is 65.7 cm³/mol. The number of halogens is 2. The number of hydrogen-bond donors (Lipinski definition) is 1. The number of nitrogen functional groups attached to an aromatic ring is 1. The van der Waals surface area contributed by atoms with Gasteiger partial charge in [0.25, 0.3) is 0 Å². The maximum Gasteiger partial charge on any atom is 0.134 e. The molecule has 0 saturated carbocycles. The van der Waals surface area contributed by atoms with Crippen LogP contribution in [0.25, 0.3) is 11.1 Å². The van der Waals surface area contributed by atoms with Crippen LogP contribution in [0, 0.1) is 25.5 Å². The zero-order chi connectivity index (χ0) is 12.6. The highest BCUT2D eigenvalue weighted by Crippen LogP contribution is 2.30. The Hall–Kier alpha value is -1.90. The van der Waals surface area contributed by atoms with Crippen molar-refractivity contribution in [2.24, 2.45) is 0 Å². The van der Waals surface area contributed by atoms with Gasteiger partial charge in [0.15, 0.2) is 0 Å². The minimum atomic E-state index is -0.592. The predicted octanol–water partition coefficient (Wildman–Crippen LogP) is 3.83. The summed E-state index contributed by atoms with van der Waals surface area (Å²) < 4.78 is 26.9. The van der Waals surface area contributed by atoms with Crippen LogP contribution in [-0.4, -0.2) is 0 Å². The molecule has 88 valence electrons. The lowest BCUT2D eigenvalue weighted by molar-refractivity contribution is 0.579. The Morgan fingerprint density at radius 3 is 2.29 bits per heavy atom. The second kappa shape index (κ2) is 4.17. The van der Waals surface area contributed by atoms with Crippen LogP contribution in [0.5, 0.6) is 0 Å². The Balaban J connectivity index is 2.68. The molecule has 17 heavy (non-hydrogen) atoms. The first-order valence-corrected chi connectivity index (χ1v) is 5.31. The van der Waals surface area contributed by atoms with E-state index in [-0.39, 0.29) is 0 Å². The molecular formula is C14H13F2N. The van der Waals surface area contributed by atoms with Crippen molar-refractivity contribution < 1.29 is 8.78 Å². The van der Waals surface area contributed by atoms with Crippen LogP contribution in [0.15, 0.2) is 30.3 Å². The Kier molecular flexibility index (Phi) is 2.84. The first-order chi connectivity index (χ1) is 7.99. The first-order valence-electron chi connectivity index (χ1n) is 5.31. The SMILES string of the molecule is Cc1ccc(N)c(-c2cc(C)c(F)cc2F)c1. The van der Waals surface area contributed by atoms with E-state index in [0.29, 0.717) is 22.4 Å². The van der Waals surface area contributed by atoms with Crippen LogP contribution in [0.4, 0.5) is 14.5 Å². The summed E-state index contributed by atoms with van der Waals surface area (Å²) in [6.07, 6.45) is 0. The monoisotopic (exact) mass is 233 g/mol. The van der Waals surface area contributed by atoms with Gasteiger partial charge in [-0.15, -0.1) is 0 Å². The molecule has 1 nitrogen and oxygen atoms in total. The maximum absolute atomic E-state index is 13.7. The number of benzene rings is 2. The van der Waals surface area contributed by atoms with Gasteiger partial charge in [0.05, 0.1) is 0 Å². The fourth-order valence-electron chi connectivity index (χ4n) is 1.77. The normalized spacial score (nSPS) is 10.6. The average Bonchev–Trinajstić information content (AvgIpc) is 2.27. The number of anilines is 1. The summed E-state index contributed by atoms with van der Waals surface area (Å²) in [5.74, 6) is -1.14. The van der Waals surface area contributed by atoms with E-state index in [9.17, 15) is 8.78 Å². The molecule has 0 spiro atoms. The highest BCUT2D eigenvalue weighted by molar-refractivity contribution is 5.77. The van der Waals surface area contributed by atoms with Gasteiger partial charge in [-0.05, 0) is 37.6 Å². The van der Waals surface area contributed by atoms with Crippen molar-refractivity contribution in [3.63, 3.8) is 0 Å². The van der Waals surface area contributed by atoms with Crippen molar-refractivity contribution in [3.8, 4) is 11.1 Å². The molecule has 0 aromatic heterocycles. The molecule has 2 aromatic carbocycles. The lowest BCUT2D eigenvalue weighted by Gasteiger charge is -2.09. The number of rotatable bonds is 1. The van der Waals surface area contributed by atoms with Crippen molar-refractivity contribution >= 4 is 5.69 Å². The van der Waals surface area contributed by atoms with Gasteiger partial charge in [-0.1, -0.05) is 11.6 Å². The molecule has 0 aliphatic rings. The first kappa shape index (κ1) is 11.6. The molecule has 0 amide bonds. The second-order valence-corrected chi connectivity index (χ2v) is 4.17. The minimum Gasteiger partial charge on any atom is -0.398 e. The molecule has 0 aliphatic carbocycles. The van der Waals surface area contributed by atoms with Crippen molar-refractivity contribution in [2.75, 3.05) is 5.73 Å². The summed E-state index contributed by atoms with van der Waals surface area (Å²) in [5.41, 5.74) is 8.63. The van der Waals surface area contributed by atoms with Crippen LogP contribution in [0.2, 0.25) is 0 Å². The molecule has 0 radical (unpaired) electrons. The molecule has 0 fully saturated rings. The molecule has 2 rings (SSSR count). The van der Waals surface area contributed by atoms with Crippen LogP contribution >= 0.6 is 0 Å². The third-order valence-corrected chi connectivity index (χ3v) is 2.75. The standard InChI is InChI=1S/C14H13F2N/c1-8-3-4-14(17)11(5-8)10-6-9(2)12(15)7-13(10)16/h3-7H,17H2,1-2H3. The summed E-state index contributed by atoms with van der Waals surface area (Å²) in [4.78, 5) is 0. The highest BCUT2D eigenvalue weighted by atomic mass is 19.1. The van der Waals surface area contributed by atoms with Gasteiger partial charge in [-0.3, -0.25) is 0 Å². The molecule has 0 aliphatic heterocycles. The van der Waals surface area contributed by atoms with Crippen molar-refractivity contribution in [2.45, 2.75) is 13.8 Å². The summed E-state index contributed by atoms with van der Waals surface area (Å²) in [7, 11) is 0. The largest absolute Gasteiger partial charge is 0.398 e. The van der Waals surface area contributed by atoms with Gasteiger partial charge in [0, 0.05) is 22.9 Å². The second-order valence-electron chi connectivity index (χ2n) is 4.17. The quantitative estimate of drug-likeness (QED) is 0.744. The van der Waals surface area contributed by atoms with E-state index >= 15 is 0 Å². The molecule has 2 aromatic rings. The van der Waals surface area contributed by atoms with E-state index < -0.39 is 11.6 Å². The van der Waals surface area contributed by atoms with E-state index in [1.807, 2.05) is 13.0 Å². The Morgan fingerprint density at radius 2 is 1.59 bits per heavy atom. The Bertz CT molecular complexity index is 577. The van der Waals surface area contributed by atoms with Crippen molar-refractivity contribution in [1.29, 1.82) is 0 Å². The zero-order valence-corrected chi connectivity index (χ0v) is 9.72. The Labute approximate surface area is 98.9 Å². The van der Waals surface area contributed by atoms with Crippen molar-refractivity contribution in [3.05, 3.63) is 53.1 Å². The third-order valence-electron chi connectivity index (χ3n) is 2.75. The van der Waals surface area contributed by atoms with Gasteiger partial charge in [0.1, 0.15) is 11.6 Å². The van der Waals surface area contributed by atoms with E-state index in [2.05, 4.69) is 0 Å². The molecule has 2 N–H and O–H groups in total. The molecule has 0 atom stereocenters. The van der Waals surface area contributed by atoms with Crippen molar-refractivity contribution in [1.82, 2.24) is 0 Å². The van der Waals surface area contributed by atoms with E-state index in [4.69, 9.17) is 5.73 Å². The van der Waals surface area contributed by atoms with Crippen LogP contribution in [0.3, 0.4) is 0 Å². The maximum atomic E-state index is 13.7. The Morgan fingerprint density at radius 1 is 0.882 bits per heavy atom. The lowest BCUT2D eigenvalue weighted by Crippen LogP contribution is -1.95. The fraction of sp³-hybridized carbons (Fsp3) is 0.143. The van der Waals surface area contributed by atoms with Crippen LogP contribution in [0.1, 0.15) is 11.1 Å². The number of aryl methyl sites for hydroxylation is 2. The van der Waals surface area contributed by atoms with Gasteiger partial charge in [-0.2, -0.15) is 0 Å². The highest BCUT2D eigenvalue weighted by Gasteiger charge is 2.11. The fourth-order valence-corrected chi connectivity index (χ4v) is 1.77. The van der Waals surface area contributed by atoms with Crippen LogP contribution < -0.4 is 5.73 Å². The third kappa shape index (κ3) is 2.13. The molecule has 0 saturated heterocycles. The summed E-state index contributed by atoms with van der Waals surface area (Å²) >= 11 is 0. The lowest BCUT2D eigenvalue weighted by atomic mass is 9.99. The van der Waals surface area contributed by atoms with E-state index in [1.54, 1.807) is 19.1 Å². The van der Waals surface area contributed by atoms with E-state index in [1.165, 1.54) is 6.07 Å². The molecule has 0 bridgehead atoms. The minimum absolute atomic E-state index is 0.338. The molecule has 0 unspecified atom stereocenters. The summed E-state index contributed by atoms with van der Waals surface area (Å²) in [6.45, 7) is 3.50.